The molecule has 0 aromatic heterocycles. The Bertz CT molecular complexity index is 1740. The molecule has 4 aromatic rings. The monoisotopic (exact) mass is 717 g/mol. The number of nitrogens with one attached hydrogen (secondary N) is 1. The highest BCUT2D eigenvalue weighted by atomic mass is 79.9. The van der Waals surface area contributed by atoms with E-state index in [1.165, 1.54) is 4.90 Å². The van der Waals surface area contributed by atoms with Crippen molar-refractivity contribution in [2.75, 3.05) is 17.4 Å². The third-order valence-electron chi connectivity index (χ3n) is 7.93. The lowest BCUT2D eigenvalue weighted by Gasteiger charge is -2.34. The van der Waals surface area contributed by atoms with Crippen LogP contribution in [0.4, 0.5) is 5.69 Å². The average Bonchev–Trinajstić information content (AvgIpc) is 3.04. The van der Waals surface area contributed by atoms with Gasteiger partial charge in [0.05, 0.1) is 10.6 Å². The lowest BCUT2D eigenvalue weighted by Crippen LogP contribution is -2.53. The van der Waals surface area contributed by atoms with Crippen molar-refractivity contribution in [3.05, 3.63) is 130 Å². The molecule has 0 aliphatic rings. The number of hydrogen-bond acceptors (Lipinski definition) is 4. The van der Waals surface area contributed by atoms with Gasteiger partial charge in [0.25, 0.3) is 10.0 Å². The van der Waals surface area contributed by atoms with Crippen LogP contribution < -0.4 is 9.62 Å². The van der Waals surface area contributed by atoms with Crippen LogP contribution in [0.1, 0.15) is 55.9 Å². The molecule has 0 saturated heterocycles. The van der Waals surface area contributed by atoms with E-state index in [1.807, 2.05) is 87.5 Å². The quantitative estimate of drug-likeness (QED) is 0.147. The van der Waals surface area contributed by atoms with E-state index in [1.54, 1.807) is 36.4 Å². The van der Waals surface area contributed by atoms with Crippen molar-refractivity contribution in [3.8, 4) is 0 Å². The fourth-order valence-electron chi connectivity index (χ4n) is 5.20. The van der Waals surface area contributed by atoms with Crippen LogP contribution in [0, 0.1) is 12.8 Å². The average molecular weight is 719 g/mol. The molecule has 1 atom stereocenters. The van der Waals surface area contributed by atoms with Crippen molar-refractivity contribution in [2.45, 2.75) is 64.4 Å². The van der Waals surface area contributed by atoms with Gasteiger partial charge < -0.3 is 10.2 Å². The zero-order chi connectivity index (χ0) is 34.1. The maximum atomic E-state index is 14.6. The molecule has 0 fully saturated rings. The number of nitrogens with zero attached hydrogens (tertiary/aromatic N) is 2. The topological polar surface area (TPSA) is 86.8 Å². The normalized spacial score (nSPS) is 12.2. The molecule has 9 heteroatoms. The van der Waals surface area contributed by atoms with Crippen LogP contribution in [-0.2, 0) is 32.6 Å². The molecular weight excluding hydrogens is 674 g/mol. The second kappa shape index (κ2) is 16.2. The van der Waals surface area contributed by atoms with E-state index in [-0.39, 0.29) is 35.6 Å². The zero-order valence-corrected chi connectivity index (χ0v) is 30.1. The Labute approximate surface area is 288 Å². The van der Waals surface area contributed by atoms with Crippen LogP contribution in [0.5, 0.6) is 0 Å². The predicted octanol–water partition coefficient (Wildman–Crippen LogP) is 7.49. The van der Waals surface area contributed by atoms with Gasteiger partial charge in [0, 0.05) is 24.0 Å². The maximum Gasteiger partial charge on any atom is 0.264 e. The summed E-state index contributed by atoms with van der Waals surface area (Å²) in [7, 11) is -4.16. The van der Waals surface area contributed by atoms with Crippen LogP contribution in [0.25, 0.3) is 0 Å². The SMILES string of the molecule is Cc1ccc(S(=O)(=O)N(CC(=O)N(Cc2cccc(Br)c2)[C@@H](Cc2ccccc2)C(=O)NCC(C)C)c2ccc(C(C)C)cc2)cc1. The fourth-order valence-corrected chi connectivity index (χ4v) is 7.06. The number of carbonyl (C=O) groups excluding carboxylic acids is 2. The van der Waals surface area contributed by atoms with Crippen molar-refractivity contribution < 1.29 is 18.0 Å². The Morgan fingerprint density at radius 2 is 1.45 bits per heavy atom. The largest absolute Gasteiger partial charge is 0.354 e. The molecule has 0 heterocycles. The first-order valence-electron chi connectivity index (χ1n) is 15.9. The summed E-state index contributed by atoms with van der Waals surface area (Å²) in [6.07, 6.45) is 0.262. The van der Waals surface area contributed by atoms with E-state index >= 15 is 0 Å². The first-order chi connectivity index (χ1) is 22.3. The summed E-state index contributed by atoms with van der Waals surface area (Å²) >= 11 is 3.52. The second-order valence-corrected chi connectivity index (χ2v) is 15.3. The van der Waals surface area contributed by atoms with Gasteiger partial charge in [0.1, 0.15) is 12.6 Å². The molecule has 4 rings (SSSR count). The van der Waals surface area contributed by atoms with Gasteiger partial charge in [-0.3, -0.25) is 13.9 Å². The lowest BCUT2D eigenvalue weighted by atomic mass is 10.0. The molecule has 1 N–H and O–H groups in total. The van der Waals surface area contributed by atoms with Crippen LogP contribution in [0.2, 0.25) is 0 Å². The highest BCUT2D eigenvalue weighted by Gasteiger charge is 2.34. The summed E-state index contributed by atoms with van der Waals surface area (Å²) in [5.74, 6) is -0.333. The minimum Gasteiger partial charge on any atom is -0.354 e. The molecule has 0 aliphatic carbocycles. The second-order valence-electron chi connectivity index (χ2n) is 12.6. The third kappa shape index (κ3) is 9.78. The van der Waals surface area contributed by atoms with Crippen LogP contribution in [0.15, 0.2) is 112 Å². The summed E-state index contributed by atoms with van der Waals surface area (Å²) < 4.78 is 30.5. The number of hydrogen-bond donors (Lipinski definition) is 1. The molecule has 7 nitrogen and oxygen atoms in total. The fraction of sp³-hybridized carbons (Fsp3) is 0.316. The van der Waals surface area contributed by atoms with Gasteiger partial charge >= 0.3 is 0 Å². The molecule has 248 valence electrons. The van der Waals surface area contributed by atoms with Crippen molar-refractivity contribution in [1.82, 2.24) is 10.2 Å². The number of amides is 2. The van der Waals surface area contributed by atoms with Gasteiger partial charge in [-0.15, -0.1) is 0 Å². The van der Waals surface area contributed by atoms with Gasteiger partial charge in [-0.05, 0) is 71.8 Å². The molecule has 0 unspecified atom stereocenters. The summed E-state index contributed by atoms with van der Waals surface area (Å²) in [5, 5.41) is 3.02. The van der Waals surface area contributed by atoms with Crippen molar-refractivity contribution >= 4 is 43.5 Å². The van der Waals surface area contributed by atoms with E-state index in [0.29, 0.717) is 12.2 Å². The molecule has 4 aromatic carbocycles. The molecule has 0 spiro atoms. The van der Waals surface area contributed by atoms with E-state index in [0.717, 1.165) is 31.0 Å². The van der Waals surface area contributed by atoms with Crippen LogP contribution in [-0.4, -0.2) is 44.3 Å². The van der Waals surface area contributed by atoms with Gasteiger partial charge in [-0.25, -0.2) is 8.42 Å². The summed E-state index contributed by atoms with van der Waals surface area (Å²) in [6, 6.07) is 30.1. The number of sulfonamides is 1. The third-order valence-corrected chi connectivity index (χ3v) is 10.2. The molecule has 0 bridgehead atoms. The Balaban J connectivity index is 1.81. The Hall–Kier alpha value is -3.95. The standard InChI is InChI=1S/C38H44BrN3O4S/c1-27(2)24-40-38(44)36(23-30-10-7-6-8-11-30)41(25-31-12-9-13-33(39)22-31)37(43)26-42(34-18-16-32(17-19-34)28(3)4)47(45,46)35-20-14-29(5)15-21-35/h6-22,27-28,36H,23-26H2,1-5H3,(H,40,44)/t36-/m0/s1. The zero-order valence-electron chi connectivity index (χ0n) is 27.7. The molecule has 0 aliphatic heterocycles. The first kappa shape index (κ1) is 35.9. The summed E-state index contributed by atoms with van der Waals surface area (Å²) in [6.45, 7) is 10.1. The highest BCUT2D eigenvalue weighted by molar-refractivity contribution is 9.10. The molecular formula is C38H44BrN3O4S. The smallest absolute Gasteiger partial charge is 0.264 e. The van der Waals surface area contributed by atoms with E-state index in [2.05, 4.69) is 35.1 Å². The van der Waals surface area contributed by atoms with Gasteiger partial charge in [-0.1, -0.05) is 116 Å². The molecule has 47 heavy (non-hydrogen) atoms. The van der Waals surface area contributed by atoms with Crippen molar-refractivity contribution in [2.24, 2.45) is 5.92 Å². The Morgan fingerprint density at radius 1 is 0.809 bits per heavy atom. The molecule has 2 amide bonds. The summed E-state index contributed by atoms with van der Waals surface area (Å²) in [5.41, 5.74) is 4.03. The van der Waals surface area contributed by atoms with Crippen LogP contribution in [0.3, 0.4) is 0 Å². The number of carbonyl (C=O) groups is 2. The number of anilines is 1. The van der Waals surface area contributed by atoms with E-state index in [4.69, 9.17) is 0 Å². The van der Waals surface area contributed by atoms with Gasteiger partial charge in [0.15, 0.2) is 0 Å². The highest BCUT2D eigenvalue weighted by Crippen LogP contribution is 2.27. The minimum atomic E-state index is -4.16. The number of benzene rings is 4. The van der Waals surface area contributed by atoms with Crippen molar-refractivity contribution in [1.29, 1.82) is 0 Å². The number of aryl methyl sites for hydroxylation is 1. The Morgan fingerprint density at radius 3 is 2.04 bits per heavy atom. The van der Waals surface area contributed by atoms with Crippen LogP contribution >= 0.6 is 15.9 Å². The first-order valence-corrected chi connectivity index (χ1v) is 18.1. The number of rotatable bonds is 14. The summed E-state index contributed by atoms with van der Waals surface area (Å²) in [4.78, 5) is 30.1. The van der Waals surface area contributed by atoms with E-state index < -0.39 is 28.5 Å². The van der Waals surface area contributed by atoms with E-state index in [9.17, 15) is 18.0 Å². The lowest BCUT2D eigenvalue weighted by molar-refractivity contribution is -0.140. The predicted molar refractivity (Wildman–Crippen MR) is 193 cm³/mol. The minimum absolute atomic E-state index is 0.0814. The van der Waals surface area contributed by atoms with Gasteiger partial charge in [0.2, 0.25) is 11.8 Å². The molecule has 0 radical (unpaired) electrons. The van der Waals surface area contributed by atoms with Crippen molar-refractivity contribution in [3.63, 3.8) is 0 Å². The molecule has 0 saturated carbocycles. The maximum absolute atomic E-state index is 14.6. The van der Waals surface area contributed by atoms with Gasteiger partial charge in [-0.2, -0.15) is 0 Å². The number of halogens is 1. The Kier molecular flexibility index (Phi) is 12.4.